The molecule has 44 heavy (non-hydrogen) atoms. The first-order valence-electron chi connectivity index (χ1n) is 15.4. The van der Waals surface area contributed by atoms with Gasteiger partial charge >= 0.3 is 12.1 Å². The fraction of sp³-hybridized carbons (Fsp3) is 0.472. The Hall–Kier alpha value is -3.52. The van der Waals surface area contributed by atoms with E-state index in [2.05, 4.69) is 54.9 Å². The maximum atomic E-state index is 14.3. The van der Waals surface area contributed by atoms with E-state index in [1.807, 2.05) is 30.4 Å². The van der Waals surface area contributed by atoms with Gasteiger partial charge in [0.05, 0.1) is 11.9 Å². The summed E-state index contributed by atoms with van der Waals surface area (Å²) < 4.78 is 10.1. The van der Waals surface area contributed by atoms with Crippen LogP contribution in [0, 0.1) is 0 Å². The van der Waals surface area contributed by atoms with Crippen LogP contribution in [0.5, 0.6) is 0 Å². The predicted octanol–water partition coefficient (Wildman–Crippen LogP) is 7.66. The van der Waals surface area contributed by atoms with Gasteiger partial charge in [-0.1, -0.05) is 86.0 Å². The third-order valence-corrected chi connectivity index (χ3v) is 9.20. The van der Waals surface area contributed by atoms with Crippen molar-refractivity contribution in [1.29, 1.82) is 0 Å². The molecular formula is C36H48N2O5S. The number of nitrogens with zero attached hydrogens (tertiary/aromatic N) is 1. The summed E-state index contributed by atoms with van der Waals surface area (Å²) in [6, 6.07) is 16.8. The van der Waals surface area contributed by atoms with Crippen molar-refractivity contribution in [2.24, 2.45) is 0 Å². The van der Waals surface area contributed by atoms with E-state index in [-0.39, 0.29) is 5.91 Å². The highest BCUT2D eigenvalue weighted by Crippen LogP contribution is 2.48. The van der Waals surface area contributed by atoms with Gasteiger partial charge in [-0.25, -0.2) is 9.59 Å². The number of thioether (sulfide) groups is 1. The lowest BCUT2D eigenvalue weighted by Crippen LogP contribution is -2.52. The molecule has 0 aromatic heterocycles. The van der Waals surface area contributed by atoms with Gasteiger partial charge in [0.1, 0.15) is 17.7 Å². The number of allylic oxidation sites excluding steroid dienone is 1. The Morgan fingerprint density at radius 2 is 1.66 bits per heavy atom. The molecule has 0 bridgehead atoms. The second-order valence-electron chi connectivity index (χ2n) is 12.2. The third kappa shape index (κ3) is 9.74. The summed E-state index contributed by atoms with van der Waals surface area (Å²) in [5.41, 5.74) is 2.51. The number of unbranched alkanes of at least 4 members (excludes halogenated alkanes) is 4. The van der Waals surface area contributed by atoms with Gasteiger partial charge in [0.25, 0.3) is 0 Å². The molecule has 2 unspecified atom stereocenters. The molecule has 7 nitrogen and oxygen atoms in total. The van der Waals surface area contributed by atoms with E-state index < -0.39 is 34.5 Å². The van der Waals surface area contributed by atoms with E-state index in [1.54, 1.807) is 37.4 Å². The zero-order chi connectivity index (χ0) is 32.2. The van der Waals surface area contributed by atoms with Crippen LogP contribution in [-0.2, 0) is 23.8 Å². The molecule has 1 fully saturated rings. The van der Waals surface area contributed by atoms with Gasteiger partial charge in [0.15, 0.2) is 0 Å². The van der Waals surface area contributed by atoms with Gasteiger partial charge in [-0.3, -0.25) is 4.79 Å². The van der Waals surface area contributed by atoms with Crippen LogP contribution in [0.15, 0.2) is 79.9 Å². The molecule has 3 atom stereocenters. The number of hydrogen-bond donors (Lipinski definition) is 1. The van der Waals surface area contributed by atoms with Crippen molar-refractivity contribution in [3.05, 3.63) is 85.5 Å². The minimum Gasteiger partial charge on any atom is -0.467 e. The zero-order valence-corrected chi connectivity index (χ0v) is 27.5. The molecule has 2 aromatic carbocycles. The maximum Gasteiger partial charge on any atom is 0.408 e. The minimum absolute atomic E-state index is 0.292. The molecule has 8 heteroatoms. The fourth-order valence-corrected chi connectivity index (χ4v) is 6.81. The fourth-order valence-electron chi connectivity index (χ4n) is 5.56. The van der Waals surface area contributed by atoms with Crippen LogP contribution in [0.2, 0.25) is 0 Å². The maximum absolute atomic E-state index is 14.3. The number of hydrogen-bond acceptors (Lipinski definition) is 6. The molecule has 1 heterocycles. The number of amides is 2. The number of alkyl carbamates (subject to hydrolysis) is 1. The SMILES string of the molecule is C=CCCCCCC[C@H](NC(=O)OC(C)(C)C)C(=O)N1CC(SCC=C)(c2ccc(-c3ccccc3)cc2)CC1C(=O)OC. The van der Waals surface area contributed by atoms with Gasteiger partial charge < -0.3 is 19.7 Å². The summed E-state index contributed by atoms with van der Waals surface area (Å²) in [6.45, 7) is 13.3. The first-order valence-corrected chi connectivity index (χ1v) is 16.4. The average Bonchev–Trinajstić information content (AvgIpc) is 3.41. The summed E-state index contributed by atoms with van der Waals surface area (Å²) in [5.74, 6) is -0.138. The summed E-state index contributed by atoms with van der Waals surface area (Å²) >= 11 is 1.66. The Balaban J connectivity index is 1.92. The monoisotopic (exact) mass is 620 g/mol. The molecule has 0 aliphatic carbocycles. The van der Waals surface area contributed by atoms with Gasteiger partial charge in [0.2, 0.25) is 5.91 Å². The first kappa shape index (κ1) is 35.0. The summed E-state index contributed by atoms with van der Waals surface area (Å²) in [4.78, 5) is 41.9. The number of benzene rings is 2. The molecule has 1 aliphatic rings. The number of likely N-dealkylation sites (tertiary alicyclic amines) is 1. The number of esters is 1. The highest BCUT2D eigenvalue weighted by atomic mass is 32.2. The van der Waals surface area contributed by atoms with Crippen molar-refractivity contribution in [3.8, 4) is 11.1 Å². The zero-order valence-electron chi connectivity index (χ0n) is 26.7. The van der Waals surface area contributed by atoms with Crippen LogP contribution in [0.3, 0.4) is 0 Å². The van der Waals surface area contributed by atoms with Gasteiger partial charge in [-0.2, -0.15) is 0 Å². The molecule has 0 spiro atoms. The molecule has 1 saturated heterocycles. The van der Waals surface area contributed by atoms with Crippen LogP contribution in [0.25, 0.3) is 11.1 Å². The first-order chi connectivity index (χ1) is 21.0. The van der Waals surface area contributed by atoms with Gasteiger partial charge in [0, 0.05) is 12.3 Å². The highest BCUT2D eigenvalue weighted by Gasteiger charge is 2.51. The Bertz CT molecular complexity index is 1260. The lowest BCUT2D eigenvalue weighted by Gasteiger charge is -2.31. The van der Waals surface area contributed by atoms with Crippen molar-refractivity contribution in [2.75, 3.05) is 19.4 Å². The topological polar surface area (TPSA) is 84.9 Å². The minimum atomic E-state index is -0.836. The summed E-state index contributed by atoms with van der Waals surface area (Å²) in [7, 11) is 1.34. The molecule has 0 saturated carbocycles. The Kier molecular flexibility index (Phi) is 13.1. The lowest BCUT2D eigenvalue weighted by atomic mass is 9.93. The van der Waals surface area contributed by atoms with Crippen LogP contribution < -0.4 is 5.32 Å². The van der Waals surface area contributed by atoms with Gasteiger partial charge in [-0.15, -0.1) is 24.9 Å². The molecule has 0 radical (unpaired) electrons. The number of rotatable bonds is 15. The number of methoxy groups -OCH3 is 1. The third-order valence-electron chi connectivity index (χ3n) is 7.72. The number of carbonyl (C=O) groups is 3. The molecule has 2 amide bonds. The van der Waals surface area contributed by atoms with E-state index in [0.29, 0.717) is 25.1 Å². The quantitative estimate of drug-likeness (QED) is 0.125. The van der Waals surface area contributed by atoms with E-state index >= 15 is 0 Å². The lowest BCUT2D eigenvalue weighted by molar-refractivity contribution is -0.151. The van der Waals surface area contributed by atoms with E-state index in [4.69, 9.17) is 9.47 Å². The molecule has 1 N–H and O–H groups in total. The van der Waals surface area contributed by atoms with E-state index in [1.165, 1.54) is 7.11 Å². The standard InChI is InChI=1S/C36H48N2O5S/c1-7-9-10-11-12-16-19-30(37-34(41)43-35(3,4)5)32(39)38-26-36(44-24-8-2,25-31(38)33(40)42-6)29-22-20-28(21-23-29)27-17-14-13-15-18-27/h7-8,13-15,17-18,20-23,30-31H,1-2,9-12,16,19,24-26H2,3-6H3,(H,37,41)/t30-,31?,36?/m0/s1. The second-order valence-corrected chi connectivity index (χ2v) is 13.6. The molecule has 238 valence electrons. The second kappa shape index (κ2) is 16.5. The molecular weight excluding hydrogens is 572 g/mol. The average molecular weight is 621 g/mol. The summed E-state index contributed by atoms with van der Waals surface area (Å²) in [5, 5.41) is 2.82. The normalized spacial score (nSPS) is 18.7. The van der Waals surface area contributed by atoms with E-state index in [0.717, 1.165) is 48.8 Å². The Morgan fingerprint density at radius 1 is 1.00 bits per heavy atom. The highest BCUT2D eigenvalue weighted by molar-refractivity contribution is 8.00. The van der Waals surface area contributed by atoms with Crippen molar-refractivity contribution >= 4 is 29.7 Å². The van der Waals surface area contributed by atoms with E-state index in [9.17, 15) is 14.4 Å². The van der Waals surface area contributed by atoms with Crippen molar-refractivity contribution in [1.82, 2.24) is 10.2 Å². The Morgan fingerprint density at radius 3 is 2.27 bits per heavy atom. The molecule has 2 aromatic rings. The Labute approximate surface area is 267 Å². The van der Waals surface area contributed by atoms with Crippen LogP contribution in [0.4, 0.5) is 4.79 Å². The number of nitrogens with one attached hydrogen (secondary N) is 1. The molecule has 1 aliphatic heterocycles. The van der Waals surface area contributed by atoms with Crippen molar-refractivity contribution in [2.45, 2.75) is 88.1 Å². The largest absolute Gasteiger partial charge is 0.467 e. The number of carbonyl (C=O) groups excluding carboxylic acids is 3. The molecule has 3 rings (SSSR count). The van der Waals surface area contributed by atoms with Gasteiger partial charge in [-0.05, 0) is 63.1 Å². The van der Waals surface area contributed by atoms with Crippen LogP contribution >= 0.6 is 11.8 Å². The van der Waals surface area contributed by atoms with Crippen molar-refractivity contribution < 1.29 is 23.9 Å². The predicted molar refractivity (Wildman–Crippen MR) is 179 cm³/mol. The van der Waals surface area contributed by atoms with Crippen molar-refractivity contribution in [3.63, 3.8) is 0 Å². The smallest absolute Gasteiger partial charge is 0.408 e. The summed E-state index contributed by atoms with van der Waals surface area (Å²) in [6.07, 6.45) is 8.56. The van der Waals surface area contributed by atoms with Crippen LogP contribution in [-0.4, -0.2) is 60.0 Å². The number of ether oxygens (including phenoxy) is 2. The van der Waals surface area contributed by atoms with Crippen LogP contribution in [0.1, 0.15) is 71.3 Å².